The number of ether oxygens (including phenoxy) is 2. The molecule has 32 heavy (non-hydrogen) atoms. The van der Waals surface area contributed by atoms with Crippen LogP contribution in [0.2, 0.25) is 0 Å². The molecule has 2 saturated heterocycles. The molecule has 3 aliphatic rings. The van der Waals surface area contributed by atoms with E-state index in [1.165, 1.54) is 0 Å². The van der Waals surface area contributed by atoms with E-state index in [1.807, 2.05) is 64.4 Å². The Labute approximate surface area is 188 Å². The van der Waals surface area contributed by atoms with Crippen LogP contribution in [-0.4, -0.2) is 78.5 Å². The van der Waals surface area contributed by atoms with Crippen molar-refractivity contribution in [3.05, 3.63) is 60.2 Å². The summed E-state index contributed by atoms with van der Waals surface area (Å²) in [6.07, 6.45) is 1.51. The average Bonchev–Trinajstić information content (AvgIpc) is 3.40. The van der Waals surface area contributed by atoms with Gasteiger partial charge >= 0.3 is 0 Å². The Morgan fingerprint density at radius 3 is 2.16 bits per heavy atom. The number of piperazine rings is 1. The second kappa shape index (κ2) is 9.20. The number of likely N-dealkylation sites (tertiary alicyclic amines) is 1. The third-order valence-corrected chi connectivity index (χ3v) is 6.54. The van der Waals surface area contributed by atoms with Gasteiger partial charge in [-0.1, -0.05) is 42.5 Å². The third kappa shape index (κ3) is 4.17. The van der Waals surface area contributed by atoms with Gasteiger partial charge in [0.1, 0.15) is 12.6 Å². The number of amides is 2. The van der Waals surface area contributed by atoms with Gasteiger partial charge in [-0.2, -0.15) is 0 Å². The quantitative estimate of drug-likeness (QED) is 0.738. The van der Waals surface area contributed by atoms with Crippen molar-refractivity contribution in [2.24, 2.45) is 0 Å². The monoisotopic (exact) mass is 435 g/mol. The molecule has 0 aliphatic carbocycles. The van der Waals surface area contributed by atoms with Gasteiger partial charge in [0.2, 0.25) is 12.0 Å². The van der Waals surface area contributed by atoms with Crippen LogP contribution in [-0.2, 0) is 9.59 Å². The zero-order valence-electron chi connectivity index (χ0n) is 18.2. The maximum Gasteiger partial charge on any atom is 0.267 e. The van der Waals surface area contributed by atoms with Crippen molar-refractivity contribution >= 4 is 11.8 Å². The molecule has 0 unspecified atom stereocenters. The number of hydrogen-bond acceptors (Lipinski definition) is 5. The summed E-state index contributed by atoms with van der Waals surface area (Å²) in [6, 6.07) is 17.1. The Balaban J connectivity index is 1.25. The predicted octanol–water partition coefficient (Wildman–Crippen LogP) is 2.33. The standard InChI is InChI=1S/C25H29N3O4/c29-24(22-18-31-20-10-4-5-11-21(20)32-22)28-16-14-26(15-17-28)23(19-8-2-1-3-9-19)25(30)27-12-6-7-13-27/h1-5,8-11,22-23H,6-7,12-18H2/t22-,23+/m0/s1. The second-order valence-corrected chi connectivity index (χ2v) is 8.57. The Kier molecular flexibility index (Phi) is 5.99. The predicted molar refractivity (Wildman–Crippen MR) is 120 cm³/mol. The highest BCUT2D eigenvalue weighted by molar-refractivity contribution is 5.84. The van der Waals surface area contributed by atoms with Crippen LogP contribution in [0.1, 0.15) is 24.4 Å². The van der Waals surface area contributed by atoms with E-state index in [0.717, 1.165) is 31.5 Å². The van der Waals surface area contributed by atoms with Crippen LogP contribution in [0.15, 0.2) is 54.6 Å². The smallest absolute Gasteiger partial charge is 0.267 e. The van der Waals surface area contributed by atoms with E-state index in [0.29, 0.717) is 37.7 Å². The minimum Gasteiger partial charge on any atom is -0.485 e. The molecule has 0 bridgehead atoms. The van der Waals surface area contributed by atoms with E-state index >= 15 is 0 Å². The lowest BCUT2D eigenvalue weighted by atomic mass is 10.0. The molecule has 7 nitrogen and oxygen atoms in total. The maximum absolute atomic E-state index is 13.4. The van der Waals surface area contributed by atoms with Crippen molar-refractivity contribution in [3.63, 3.8) is 0 Å². The van der Waals surface area contributed by atoms with Crippen LogP contribution in [0.4, 0.5) is 0 Å². The molecule has 5 rings (SSSR count). The zero-order chi connectivity index (χ0) is 21.9. The van der Waals surface area contributed by atoms with Crippen LogP contribution < -0.4 is 9.47 Å². The first kappa shape index (κ1) is 20.8. The molecule has 0 N–H and O–H groups in total. The molecule has 0 radical (unpaired) electrons. The van der Waals surface area contributed by atoms with E-state index in [-0.39, 0.29) is 24.5 Å². The van der Waals surface area contributed by atoms with E-state index in [2.05, 4.69) is 4.90 Å². The first-order valence-corrected chi connectivity index (χ1v) is 11.5. The highest BCUT2D eigenvalue weighted by Gasteiger charge is 2.37. The summed E-state index contributed by atoms with van der Waals surface area (Å²) in [4.78, 5) is 32.5. The Hall–Kier alpha value is -3.06. The van der Waals surface area contributed by atoms with Crippen LogP contribution in [0, 0.1) is 0 Å². The average molecular weight is 436 g/mol. The third-order valence-electron chi connectivity index (χ3n) is 6.54. The first-order chi connectivity index (χ1) is 15.7. The summed E-state index contributed by atoms with van der Waals surface area (Å²) in [7, 11) is 0. The highest BCUT2D eigenvalue weighted by Crippen LogP contribution is 2.32. The van der Waals surface area contributed by atoms with Gasteiger partial charge in [0, 0.05) is 39.3 Å². The number of para-hydroxylation sites is 2. The Bertz CT molecular complexity index is 953. The van der Waals surface area contributed by atoms with Crippen LogP contribution in [0.25, 0.3) is 0 Å². The summed E-state index contributed by atoms with van der Waals surface area (Å²) >= 11 is 0. The molecule has 3 heterocycles. The lowest BCUT2D eigenvalue weighted by Gasteiger charge is -2.41. The fraction of sp³-hybridized carbons (Fsp3) is 0.440. The van der Waals surface area contributed by atoms with E-state index < -0.39 is 6.10 Å². The van der Waals surface area contributed by atoms with Crippen molar-refractivity contribution in [1.82, 2.24) is 14.7 Å². The second-order valence-electron chi connectivity index (χ2n) is 8.57. The number of nitrogens with zero attached hydrogens (tertiary/aromatic N) is 3. The molecule has 0 aromatic heterocycles. The number of fused-ring (bicyclic) bond motifs is 1. The number of benzene rings is 2. The molecule has 0 spiro atoms. The number of hydrogen-bond donors (Lipinski definition) is 0. The van der Waals surface area contributed by atoms with Crippen LogP contribution in [0.3, 0.4) is 0 Å². The van der Waals surface area contributed by atoms with Gasteiger partial charge in [0.15, 0.2) is 11.5 Å². The minimum absolute atomic E-state index is 0.0544. The van der Waals surface area contributed by atoms with E-state index in [9.17, 15) is 9.59 Å². The maximum atomic E-state index is 13.4. The molecule has 2 aromatic rings. The van der Waals surface area contributed by atoms with Crippen molar-refractivity contribution in [2.75, 3.05) is 45.9 Å². The summed E-state index contributed by atoms with van der Waals surface area (Å²) < 4.78 is 11.6. The van der Waals surface area contributed by atoms with Crippen LogP contribution >= 0.6 is 0 Å². The molecular weight excluding hydrogens is 406 g/mol. The summed E-state index contributed by atoms with van der Waals surface area (Å²) in [5, 5.41) is 0. The highest BCUT2D eigenvalue weighted by atomic mass is 16.6. The fourth-order valence-electron chi connectivity index (χ4n) is 4.80. The molecule has 0 saturated carbocycles. The van der Waals surface area contributed by atoms with Gasteiger partial charge in [-0.15, -0.1) is 0 Å². The normalized spacial score (nSPS) is 21.9. The van der Waals surface area contributed by atoms with Crippen molar-refractivity contribution < 1.29 is 19.1 Å². The zero-order valence-corrected chi connectivity index (χ0v) is 18.2. The lowest BCUT2D eigenvalue weighted by Crippen LogP contribution is -2.56. The van der Waals surface area contributed by atoms with Gasteiger partial charge in [0.05, 0.1) is 0 Å². The summed E-state index contributed by atoms with van der Waals surface area (Å²) in [5.74, 6) is 1.40. The number of carbonyl (C=O) groups is 2. The molecule has 2 aromatic carbocycles. The first-order valence-electron chi connectivity index (χ1n) is 11.5. The van der Waals surface area contributed by atoms with Crippen LogP contribution in [0.5, 0.6) is 11.5 Å². The van der Waals surface area contributed by atoms with Gasteiger partial charge in [-0.25, -0.2) is 0 Å². The molecule has 2 fully saturated rings. The largest absolute Gasteiger partial charge is 0.485 e. The molecule has 2 amide bonds. The van der Waals surface area contributed by atoms with Crippen molar-refractivity contribution in [2.45, 2.75) is 25.0 Å². The molecule has 3 aliphatic heterocycles. The van der Waals surface area contributed by atoms with Gasteiger partial charge in [-0.05, 0) is 30.5 Å². The topological polar surface area (TPSA) is 62.3 Å². The van der Waals surface area contributed by atoms with Gasteiger partial charge in [-0.3, -0.25) is 14.5 Å². The van der Waals surface area contributed by atoms with Crippen molar-refractivity contribution in [3.8, 4) is 11.5 Å². The molecule has 7 heteroatoms. The number of carbonyl (C=O) groups excluding carboxylic acids is 2. The summed E-state index contributed by atoms with van der Waals surface area (Å²) in [5.41, 5.74) is 1.02. The SMILES string of the molecule is O=C([C@@H]1COc2ccccc2O1)N1CCN([C@@H](C(=O)N2CCCC2)c2ccccc2)CC1. The van der Waals surface area contributed by atoms with Gasteiger partial charge in [0.25, 0.3) is 5.91 Å². The minimum atomic E-state index is -0.632. The van der Waals surface area contributed by atoms with E-state index in [1.54, 1.807) is 0 Å². The Morgan fingerprint density at radius 1 is 0.781 bits per heavy atom. The Morgan fingerprint density at radius 2 is 1.44 bits per heavy atom. The summed E-state index contributed by atoms with van der Waals surface area (Å²) in [6.45, 7) is 4.32. The van der Waals surface area contributed by atoms with E-state index in [4.69, 9.17) is 9.47 Å². The molecular formula is C25H29N3O4. The molecule has 168 valence electrons. The van der Waals surface area contributed by atoms with Crippen molar-refractivity contribution in [1.29, 1.82) is 0 Å². The molecule has 2 atom stereocenters. The van der Waals surface area contributed by atoms with Gasteiger partial charge < -0.3 is 19.3 Å². The lowest BCUT2D eigenvalue weighted by molar-refractivity contribution is -0.144. The fourth-order valence-corrected chi connectivity index (χ4v) is 4.80. The number of rotatable bonds is 4.